The standard InChI is InChI=1S/C11H12ClNO/c1-13-7-8-4-5-14-11-3-2-9(12)6-10(8)11/h2-4,6,13H,5,7H2,1H3. The minimum Gasteiger partial charge on any atom is -0.489 e. The van der Waals surface area contributed by atoms with Crippen LogP contribution < -0.4 is 10.1 Å². The second-order valence-electron chi connectivity index (χ2n) is 3.21. The van der Waals surface area contributed by atoms with Crippen molar-refractivity contribution in [1.29, 1.82) is 0 Å². The van der Waals surface area contributed by atoms with Gasteiger partial charge < -0.3 is 10.1 Å². The van der Waals surface area contributed by atoms with Crippen LogP contribution in [0.1, 0.15) is 5.56 Å². The van der Waals surface area contributed by atoms with Gasteiger partial charge in [-0.2, -0.15) is 0 Å². The molecular formula is C11H12ClNO. The van der Waals surface area contributed by atoms with E-state index in [9.17, 15) is 0 Å². The number of likely N-dealkylation sites (N-methyl/N-ethyl adjacent to an activating group) is 1. The van der Waals surface area contributed by atoms with Gasteiger partial charge >= 0.3 is 0 Å². The molecule has 2 nitrogen and oxygen atoms in total. The molecule has 1 N–H and O–H groups in total. The molecule has 0 bridgehead atoms. The molecular weight excluding hydrogens is 198 g/mol. The Bertz CT molecular complexity index is 374. The van der Waals surface area contributed by atoms with Crippen molar-refractivity contribution < 1.29 is 4.74 Å². The number of hydrogen-bond donors (Lipinski definition) is 1. The van der Waals surface area contributed by atoms with Crippen LogP contribution in [0.15, 0.2) is 24.3 Å². The van der Waals surface area contributed by atoms with Gasteiger partial charge in [0, 0.05) is 17.1 Å². The fourth-order valence-corrected chi connectivity index (χ4v) is 1.75. The molecule has 0 fully saturated rings. The van der Waals surface area contributed by atoms with Gasteiger partial charge in [-0.3, -0.25) is 0 Å². The Hall–Kier alpha value is -0.990. The van der Waals surface area contributed by atoms with Crippen LogP contribution in [0, 0.1) is 0 Å². The van der Waals surface area contributed by atoms with Gasteiger partial charge in [0.2, 0.25) is 0 Å². The van der Waals surface area contributed by atoms with Crippen LogP contribution in [0.5, 0.6) is 5.75 Å². The van der Waals surface area contributed by atoms with Crippen molar-refractivity contribution >= 4 is 17.2 Å². The monoisotopic (exact) mass is 209 g/mol. The molecule has 0 saturated carbocycles. The van der Waals surface area contributed by atoms with Crippen LogP contribution in [0.25, 0.3) is 5.57 Å². The van der Waals surface area contributed by atoms with Crippen molar-refractivity contribution in [3.8, 4) is 5.75 Å². The number of rotatable bonds is 2. The van der Waals surface area contributed by atoms with E-state index in [4.69, 9.17) is 16.3 Å². The topological polar surface area (TPSA) is 21.3 Å². The molecule has 14 heavy (non-hydrogen) atoms. The lowest BCUT2D eigenvalue weighted by Crippen LogP contribution is -2.14. The highest BCUT2D eigenvalue weighted by Gasteiger charge is 2.12. The number of benzene rings is 1. The normalized spacial score (nSPS) is 14.3. The highest BCUT2D eigenvalue weighted by atomic mass is 35.5. The fourth-order valence-electron chi connectivity index (χ4n) is 1.58. The Morgan fingerprint density at radius 3 is 3.14 bits per heavy atom. The Morgan fingerprint density at radius 2 is 2.36 bits per heavy atom. The summed E-state index contributed by atoms with van der Waals surface area (Å²) in [7, 11) is 1.93. The molecule has 0 spiro atoms. The molecule has 1 heterocycles. The Labute approximate surface area is 88.5 Å². The van der Waals surface area contributed by atoms with E-state index in [0.717, 1.165) is 22.9 Å². The highest BCUT2D eigenvalue weighted by molar-refractivity contribution is 6.30. The average molecular weight is 210 g/mol. The zero-order valence-electron chi connectivity index (χ0n) is 8.01. The quantitative estimate of drug-likeness (QED) is 0.808. The zero-order chi connectivity index (χ0) is 9.97. The van der Waals surface area contributed by atoms with E-state index in [1.54, 1.807) is 0 Å². The van der Waals surface area contributed by atoms with E-state index in [2.05, 4.69) is 11.4 Å². The summed E-state index contributed by atoms with van der Waals surface area (Å²) in [4.78, 5) is 0. The average Bonchev–Trinajstić information content (AvgIpc) is 2.19. The van der Waals surface area contributed by atoms with Crippen molar-refractivity contribution in [1.82, 2.24) is 5.32 Å². The van der Waals surface area contributed by atoms with Crippen molar-refractivity contribution in [2.45, 2.75) is 0 Å². The summed E-state index contributed by atoms with van der Waals surface area (Å²) in [5, 5.41) is 3.88. The van der Waals surface area contributed by atoms with Crippen LogP contribution in [0.2, 0.25) is 5.02 Å². The maximum atomic E-state index is 5.94. The van der Waals surface area contributed by atoms with E-state index in [0.29, 0.717) is 6.61 Å². The first-order valence-electron chi connectivity index (χ1n) is 4.57. The molecule has 74 valence electrons. The molecule has 0 aromatic heterocycles. The summed E-state index contributed by atoms with van der Waals surface area (Å²) in [5.41, 5.74) is 2.34. The first-order chi connectivity index (χ1) is 6.81. The van der Waals surface area contributed by atoms with Crippen LogP contribution >= 0.6 is 11.6 Å². The summed E-state index contributed by atoms with van der Waals surface area (Å²) in [6, 6.07) is 5.71. The second-order valence-corrected chi connectivity index (χ2v) is 3.65. The zero-order valence-corrected chi connectivity index (χ0v) is 8.77. The molecule has 2 rings (SSSR count). The van der Waals surface area contributed by atoms with Gasteiger partial charge in [0.25, 0.3) is 0 Å². The van der Waals surface area contributed by atoms with Crippen LogP contribution in [-0.2, 0) is 0 Å². The molecule has 0 unspecified atom stereocenters. The third-order valence-corrected chi connectivity index (χ3v) is 2.46. The number of hydrogen-bond acceptors (Lipinski definition) is 2. The maximum Gasteiger partial charge on any atom is 0.127 e. The van der Waals surface area contributed by atoms with Crippen molar-refractivity contribution in [3.05, 3.63) is 34.9 Å². The van der Waals surface area contributed by atoms with E-state index in [-0.39, 0.29) is 0 Å². The second kappa shape index (κ2) is 4.03. The summed E-state index contributed by atoms with van der Waals surface area (Å²) in [5.74, 6) is 0.919. The largest absolute Gasteiger partial charge is 0.489 e. The lowest BCUT2D eigenvalue weighted by Gasteiger charge is -2.18. The first kappa shape index (κ1) is 9.56. The summed E-state index contributed by atoms with van der Waals surface area (Å²) < 4.78 is 5.49. The molecule has 0 radical (unpaired) electrons. The van der Waals surface area contributed by atoms with Gasteiger partial charge in [0.1, 0.15) is 12.4 Å². The lowest BCUT2D eigenvalue weighted by atomic mass is 10.0. The summed E-state index contributed by atoms with van der Waals surface area (Å²) in [6.45, 7) is 1.49. The fraction of sp³-hybridized carbons (Fsp3) is 0.273. The molecule has 0 aliphatic carbocycles. The minimum absolute atomic E-state index is 0.644. The number of halogens is 1. The lowest BCUT2D eigenvalue weighted by molar-refractivity contribution is 0.357. The van der Waals surface area contributed by atoms with Gasteiger partial charge in [0.15, 0.2) is 0 Å². The van der Waals surface area contributed by atoms with Crippen LogP contribution in [-0.4, -0.2) is 20.2 Å². The molecule has 3 heteroatoms. The third-order valence-electron chi connectivity index (χ3n) is 2.22. The number of fused-ring (bicyclic) bond motifs is 1. The van der Waals surface area contributed by atoms with E-state index >= 15 is 0 Å². The first-order valence-corrected chi connectivity index (χ1v) is 4.95. The summed E-state index contributed by atoms with van der Waals surface area (Å²) >= 11 is 5.94. The Balaban J connectivity index is 2.40. The molecule has 1 aromatic carbocycles. The maximum absolute atomic E-state index is 5.94. The molecule has 0 saturated heterocycles. The van der Waals surface area contributed by atoms with Crippen LogP contribution in [0.4, 0.5) is 0 Å². The molecule has 1 aliphatic heterocycles. The van der Waals surface area contributed by atoms with Gasteiger partial charge in [-0.05, 0) is 36.9 Å². The molecule has 1 aliphatic rings. The van der Waals surface area contributed by atoms with Crippen molar-refractivity contribution in [2.24, 2.45) is 0 Å². The number of nitrogens with one attached hydrogen (secondary N) is 1. The molecule has 0 amide bonds. The SMILES string of the molecule is CNCC1=CCOc2ccc(Cl)cc21. The molecule has 1 aromatic rings. The van der Waals surface area contributed by atoms with E-state index < -0.39 is 0 Å². The summed E-state index contributed by atoms with van der Waals surface area (Å²) in [6.07, 6.45) is 2.08. The van der Waals surface area contributed by atoms with E-state index in [1.165, 1.54) is 5.57 Å². The smallest absolute Gasteiger partial charge is 0.127 e. The van der Waals surface area contributed by atoms with Gasteiger partial charge in [-0.1, -0.05) is 11.6 Å². The van der Waals surface area contributed by atoms with E-state index in [1.807, 2.05) is 25.2 Å². The minimum atomic E-state index is 0.644. The van der Waals surface area contributed by atoms with Gasteiger partial charge in [0.05, 0.1) is 0 Å². The predicted molar refractivity (Wildman–Crippen MR) is 58.9 cm³/mol. The number of ether oxygens (including phenoxy) is 1. The van der Waals surface area contributed by atoms with Crippen molar-refractivity contribution in [2.75, 3.05) is 20.2 Å². The van der Waals surface area contributed by atoms with Gasteiger partial charge in [-0.25, -0.2) is 0 Å². The predicted octanol–water partition coefficient (Wildman–Crippen LogP) is 2.34. The van der Waals surface area contributed by atoms with Crippen LogP contribution in [0.3, 0.4) is 0 Å². The third kappa shape index (κ3) is 1.76. The highest BCUT2D eigenvalue weighted by Crippen LogP contribution is 2.31. The molecule has 0 atom stereocenters. The van der Waals surface area contributed by atoms with Gasteiger partial charge in [-0.15, -0.1) is 0 Å². The Morgan fingerprint density at radius 1 is 1.50 bits per heavy atom. The Kier molecular flexibility index (Phi) is 2.75. The van der Waals surface area contributed by atoms with Crippen molar-refractivity contribution in [3.63, 3.8) is 0 Å².